The quantitative estimate of drug-likeness (QED) is 0.702. The molecule has 0 aliphatic carbocycles. The van der Waals surface area contributed by atoms with Crippen molar-refractivity contribution in [2.45, 2.75) is 51.6 Å². The molecular formula is C11H21NO2. The van der Waals surface area contributed by atoms with Gasteiger partial charge >= 0.3 is 5.97 Å². The summed E-state index contributed by atoms with van der Waals surface area (Å²) in [5.74, 6) is -0.851. The Morgan fingerprint density at radius 1 is 1.21 bits per heavy atom. The third kappa shape index (κ3) is 1.92. The Morgan fingerprint density at radius 2 is 1.57 bits per heavy atom. The van der Waals surface area contributed by atoms with Crippen LogP contribution in [0.5, 0.6) is 0 Å². The van der Waals surface area contributed by atoms with Crippen LogP contribution in [0.3, 0.4) is 0 Å². The third-order valence-electron chi connectivity index (χ3n) is 3.66. The van der Waals surface area contributed by atoms with Gasteiger partial charge in [0.15, 0.2) is 0 Å². The molecule has 1 rings (SSSR count). The summed E-state index contributed by atoms with van der Waals surface area (Å²) in [6.45, 7) is 8.46. The molecule has 0 saturated carbocycles. The number of rotatable bonds is 1. The predicted octanol–water partition coefficient (Wildman–Crippen LogP) is 1.97. The maximum Gasteiger partial charge on any atom is 0.306 e. The first-order chi connectivity index (χ1) is 6.17. The number of aliphatic carboxylic acids is 1. The van der Waals surface area contributed by atoms with Gasteiger partial charge in [0.2, 0.25) is 0 Å². The lowest BCUT2D eigenvalue weighted by Gasteiger charge is -2.52. The molecule has 0 aromatic rings. The van der Waals surface area contributed by atoms with Crippen molar-refractivity contribution in [3.8, 4) is 0 Å². The molecule has 0 amide bonds. The Morgan fingerprint density at radius 3 is 1.86 bits per heavy atom. The van der Waals surface area contributed by atoms with Crippen molar-refractivity contribution in [3.05, 3.63) is 0 Å². The Bertz CT molecular complexity index is 228. The van der Waals surface area contributed by atoms with Gasteiger partial charge in [0, 0.05) is 11.1 Å². The summed E-state index contributed by atoms with van der Waals surface area (Å²) in [7, 11) is 2.08. The molecular weight excluding hydrogens is 178 g/mol. The number of hydrogen-bond acceptors (Lipinski definition) is 2. The molecule has 0 unspecified atom stereocenters. The maximum atomic E-state index is 11.0. The maximum absolute atomic E-state index is 11.0. The Labute approximate surface area is 86.1 Å². The molecule has 1 aliphatic heterocycles. The van der Waals surface area contributed by atoms with E-state index < -0.39 is 5.97 Å². The minimum Gasteiger partial charge on any atom is -0.481 e. The number of carboxylic acids is 1. The normalized spacial score (nSPS) is 27.5. The molecule has 0 bridgehead atoms. The standard InChI is InChI=1S/C11H21NO2/c1-10(2)6-8(9(13)14)7-11(3,4)12(10)5/h8H,6-7H2,1-5H3,(H,13,14). The van der Waals surface area contributed by atoms with E-state index in [-0.39, 0.29) is 17.0 Å². The van der Waals surface area contributed by atoms with E-state index in [0.717, 1.165) is 12.8 Å². The van der Waals surface area contributed by atoms with Crippen LogP contribution in [0.2, 0.25) is 0 Å². The van der Waals surface area contributed by atoms with Gasteiger partial charge in [0.25, 0.3) is 0 Å². The predicted molar refractivity (Wildman–Crippen MR) is 56.3 cm³/mol. The molecule has 3 nitrogen and oxygen atoms in total. The smallest absolute Gasteiger partial charge is 0.306 e. The number of nitrogens with zero attached hydrogens (tertiary/aromatic N) is 1. The van der Waals surface area contributed by atoms with Crippen molar-refractivity contribution in [2.75, 3.05) is 7.05 Å². The highest BCUT2D eigenvalue weighted by Gasteiger charge is 2.45. The van der Waals surface area contributed by atoms with Gasteiger partial charge in [-0.15, -0.1) is 0 Å². The van der Waals surface area contributed by atoms with E-state index in [1.54, 1.807) is 0 Å². The van der Waals surface area contributed by atoms with Gasteiger partial charge in [-0.1, -0.05) is 0 Å². The summed E-state index contributed by atoms with van der Waals surface area (Å²) in [6.07, 6.45) is 1.48. The molecule has 0 spiro atoms. The van der Waals surface area contributed by atoms with E-state index in [4.69, 9.17) is 5.11 Å². The third-order valence-corrected chi connectivity index (χ3v) is 3.66. The highest BCUT2D eigenvalue weighted by Crippen LogP contribution is 2.39. The molecule has 0 aromatic carbocycles. The van der Waals surface area contributed by atoms with Crippen LogP contribution in [0.25, 0.3) is 0 Å². The zero-order chi connectivity index (χ0) is 11.1. The Kier molecular flexibility index (Phi) is 2.65. The van der Waals surface area contributed by atoms with E-state index in [9.17, 15) is 4.79 Å². The first-order valence-electron chi connectivity index (χ1n) is 5.13. The lowest BCUT2D eigenvalue weighted by Crippen LogP contribution is -2.59. The lowest BCUT2D eigenvalue weighted by molar-refractivity contribution is -0.149. The van der Waals surface area contributed by atoms with Crippen LogP contribution in [0, 0.1) is 5.92 Å². The highest BCUT2D eigenvalue weighted by molar-refractivity contribution is 5.70. The van der Waals surface area contributed by atoms with E-state index in [0.29, 0.717) is 0 Å². The average Bonchev–Trinajstić information content (AvgIpc) is 1.98. The second-order valence-corrected chi connectivity index (χ2v) is 5.63. The summed E-state index contributed by atoms with van der Waals surface area (Å²) < 4.78 is 0. The Hall–Kier alpha value is -0.570. The summed E-state index contributed by atoms with van der Waals surface area (Å²) in [4.78, 5) is 13.3. The van der Waals surface area contributed by atoms with Gasteiger partial charge in [-0.2, -0.15) is 0 Å². The van der Waals surface area contributed by atoms with Crippen molar-refractivity contribution in [1.82, 2.24) is 4.90 Å². The highest BCUT2D eigenvalue weighted by atomic mass is 16.4. The molecule has 82 valence electrons. The topological polar surface area (TPSA) is 40.5 Å². The van der Waals surface area contributed by atoms with E-state index >= 15 is 0 Å². The van der Waals surface area contributed by atoms with Crippen LogP contribution in [-0.4, -0.2) is 34.1 Å². The first-order valence-corrected chi connectivity index (χ1v) is 5.13. The lowest BCUT2D eigenvalue weighted by atomic mass is 9.74. The summed E-state index contributed by atoms with van der Waals surface area (Å²) in [5.41, 5.74) is -0.0460. The van der Waals surface area contributed by atoms with Gasteiger partial charge in [-0.25, -0.2) is 0 Å². The van der Waals surface area contributed by atoms with Crippen molar-refractivity contribution >= 4 is 5.97 Å². The molecule has 1 saturated heterocycles. The summed E-state index contributed by atoms with van der Waals surface area (Å²) in [6, 6.07) is 0. The van der Waals surface area contributed by atoms with Crippen molar-refractivity contribution in [2.24, 2.45) is 5.92 Å². The molecule has 0 aromatic heterocycles. The van der Waals surface area contributed by atoms with Crippen LogP contribution in [0.4, 0.5) is 0 Å². The number of likely N-dealkylation sites (tertiary alicyclic amines) is 1. The minimum absolute atomic E-state index is 0.0230. The van der Waals surface area contributed by atoms with Gasteiger partial charge in [0.05, 0.1) is 5.92 Å². The number of piperidine rings is 1. The largest absolute Gasteiger partial charge is 0.481 e. The molecule has 1 heterocycles. The van der Waals surface area contributed by atoms with Crippen molar-refractivity contribution in [3.63, 3.8) is 0 Å². The van der Waals surface area contributed by atoms with Crippen LogP contribution in [-0.2, 0) is 4.79 Å². The molecule has 1 N–H and O–H groups in total. The van der Waals surface area contributed by atoms with Crippen LogP contribution < -0.4 is 0 Å². The second kappa shape index (κ2) is 3.23. The molecule has 1 aliphatic rings. The molecule has 1 fully saturated rings. The van der Waals surface area contributed by atoms with Gasteiger partial charge in [-0.05, 0) is 47.6 Å². The number of hydrogen-bond donors (Lipinski definition) is 1. The fourth-order valence-electron chi connectivity index (χ4n) is 2.55. The SMILES string of the molecule is CN1C(C)(C)CC(C(=O)O)CC1(C)C. The average molecular weight is 199 g/mol. The second-order valence-electron chi connectivity index (χ2n) is 5.63. The molecule has 0 atom stereocenters. The Balaban J connectivity index is 2.91. The fourth-order valence-corrected chi connectivity index (χ4v) is 2.55. The van der Waals surface area contributed by atoms with Gasteiger partial charge in [-0.3, -0.25) is 9.69 Å². The monoisotopic (exact) mass is 199 g/mol. The van der Waals surface area contributed by atoms with Gasteiger partial charge in [0.1, 0.15) is 0 Å². The van der Waals surface area contributed by atoms with Crippen LogP contribution >= 0.6 is 0 Å². The zero-order valence-electron chi connectivity index (χ0n) is 9.79. The van der Waals surface area contributed by atoms with Crippen molar-refractivity contribution < 1.29 is 9.90 Å². The fraction of sp³-hybridized carbons (Fsp3) is 0.909. The van der Waals surface area contributed by atoms with E-state index in [2.05, 4.69) is 39.6 Å². The molecule has 3 heteroatoms. The number of carboxylic acid groups (broad SMARTS) is 1. The van der Waals surface area contributed by atoms with E-state index in [1.165, 1.54) is 0 Å². The van der Waals surface area contributed by atoms with E-state index in [1.807, 2.05) is 0 Å². The zero-order valence-corrected chi connectivity index (χ0v) is 9.79. The molecule has 0 radical (unpaired) electrons. The van der Waals surface area contributed by atoms with Crippen LogP contribution in [0.15, 0.2) is 0 Å². The summed E-state index contributed by atoms with van der Waals surface area (Å²) >= 11 is 0. The van der Waals surface area contributed by atoms with Crippen molar-refractivity contribution in [1.29, 1.82) is 0 Å². The summed E-state index contributed by atoms with van der Waals surface area (Å²) in [5, 5.41) is 9.07. The first kappa shape index (κ1) is 11.5. The van der Waals surface area contributed by atoms with Crippen LogP contribution in [0.1, 0.15) is 40.5 Å². The van der Waals surface area contributed by atoms with Gasteiger partial charge < -0.3 is 5.11 Å². The number of carbonyl (C=O) groups is 1. The molecule has 14 heavy (non-hydrogen) atoms. The minimum atomic E-state index is -0.653.